The van der Waals surface area contributed by atoms with Crippen LogP contribution in [-0.2, 0) is 6.54 Å². The molecule has 0 fully saturated rings. The Hall–Kier alpha value is -2.46. The topological polar surface area (TPSA) is 50.9 Å². The molecule has 0 amide bonds. The van der Waals surface area contributed by atoms with Gasteiger partial charge in [-0.3, -0.25) is 4.98 Å². The van der Waals surface area contributed by atoms with Gasteiger partial charge in [0.05, 0.1) is 12.6 Å². The van der Waals surface area contributed by atoms with Crippen molar-refractivity contribution in [3.05, 3.63) is 71.8 Å². The zero-order chi connectivity index (χ0) is 15.5. The van der Waals surface area contributed by atoms with Gasteiger partial charge in [0.25, 0.3) is 0 Å². The van der Waals surface area contributed by atoms with Gasteiger partial charge in [0, 0.05) is 30.4 Å². The summed E-state index contributed by atoms with van der Waals surface area (Å²) in [5, 5.41) is 10.5. The van der Waals surface area contributed by atoms with Crippen molar-refractivity contribution in [1.29, 1.82) is 0 Å². The molecule has 0 radical (unpaired) electrons. The molecule has 3 aromatic rings. The van der Waals surface area contributed by atoms with Crippen LogP contribution in [0, 0.1) is 13.8 Å². The number of hydrogen-bond donors (Lipinski definition) is 1. The lowest BCUT2D eigenvalue weighted by atomic mass is 10.0. The molecule has 0 saturated carbocycles. The summed E-state index contributed by atoms with van der Waals surface area (Å²) in [6.45, 7) is 4.55. The number of aliphatic hydroxyl groups excluding tert-OH is 1. The molecule has 0 aliphatic heterocycles. The van der Waals surface area contributed by atoms with Crippen LogP contribution in [0.25, 0.3) is 11.4 Å². The molecule has 2 aromatic heterocycles. The Morgan fingerprint density at radius 1 is 1.14 bits per heavy atom. The van der Waals surface area contributed by atoms with Crippen molar-refractivity contribution >= 4 is 0 Å². The molecule has 3 rings (SSSR count). The molecule has 2 heterocycles. The van der Waals surface area contributed by atoms with E-state index in [2.05, 4.69) is 16.0 Å². The number of nitrogens with zero attached hydrogens (tertiary/aromatic N) is 3. The van der Waals surface area contributed by atoms with E-state index in [9.17, 15) is 5.11 Å². The van der Waals surface area contributed by atoms with Gasteiger partial charge in [-0.2, -0.15) is 0 Å². The molecule has 0 spiro atoms. The standard InChI is InChI=1S/C18H19N3O/c1-13-8-14(2)10-16(9-13)17(22)12-21-7-6-20-18(21)15-4-3-5-19-11-15/h3-11,17,22H,12H2,1-2H3. The van der Waals surface area contributed by atoms with Crippen molar-refractivity contribution in [2.75, 3.05) is 0 Å². The molecular weight excluding hydrogens is 274 g/mol. The van der Waals surface area contributed by atoms with E-state index in [1.165, 1.54) is 0 Å². The maximum atomic E-state index is 10.5. The van der Waals surface area contributed by atoms with E-state index in [0.717, 1.165) is 28.1 Å². The number of imidazole rings is 1. The fourth-order valence-electron chi connectivity index (χ4n) is 2.71. The van der Waals surface area contributed by atoms with Gasteiger partial charge in [-0.15, -0.1) is 0 Å². The van der Waals surface area contributed by atoms with E-state index >= 15 is 0 Å². The van der Waals surface area contributed by atoms with Gasteiger partial charge < -0.3 is 9.67 Å². The minimum absolute atomic E-state index is 0.465. The summed E-state index contributed by atoms with van der Waals surface area (Å²) in [6, 6.07) is 10.0. The van der Waals surface area contributed by atoms with Crippen LogP contribution in [0.5, 0.6) is 0 Å². The maximum absolute atomic E-state index is 10.5. The summed E-state index contributed by atoms with van der Waals surface area (Å²) < 4.78 is 1.96. The van der Waals surface area contributed by atoms with Crippen molar-refractivity contribution < 1.29 is 5.11 Å². The van der Waals surface area contributed by atoms with Crippen LogP contribution >= 0.6 is 0 Å². The Balaban J connectivity index is 1.86. The van der Waals surface area contributed by atoms with Crippen LogP contribution in [0.3, 0.4) is 0 Å². The quantitative estimate of drug-likeness (QED) is 0.803. The Labute approximate surface area is 130 Å². The number of rotatable bonds is 4. The predicted molar refractivity (Wildman–Crippen MR) is 86.3 cm³/mol. The lowest BCUT2D eigenvalue weighted by Gasteiger charge is -2.15. The SMILES string of the molecule is Cc1cc(C)cc(C(O)Cn2ccnc2-c2cccnc2)c1. The Morgan fingerprint density at radius 3 is 2.59 bits per heavy atom. The highest BCUT2D eigenvalue weighted by Gasteiger charge is 2.13. The Bertz CT molecular complexity index is 745. The first-order valence-electron chi connectivity index (χ1n) is 7.31. The summed E-state index contributed by atoms with van der Waals surface area (Å²) in [5.41, 5.74) is 4.20. The average Bonchev–Trinajstić information content (AvgIpc) is 2.95. The first-order chi connectivity index (χ1) is 10.6. The van der Waals surface area contributed by atoms with Crippen LogP contribution in [0.4, 0.5) is 0 Å². The summed E-state index contributed by atoms with van der Waals surface area (Å²) >= 11 is 0. The second-order valence-electron chi connectivity index (χ2n) is 5.58. The molecular formula is C18H19N3O. The lowest BCUT2D eigenvalue weighted by Crippen LogP contribution is -2.09. The van der Waals surface area contributed by atoms with E-state index in [0.29, 0.717) is 6.54 Å². The van der Waals surface area contributed by atoms with Gasteiger partial charge in [0.2, 0.25) is 0 Å². The van der Waals surface area contributed by atoms with Gasteiger partial charge in [0.1, 0.15) is 5.82 Å². The van der Waals surface area contributed by atoms with Crippen LogP contribution < -0.4 is 0 Å². The van der Waals surface area contributed by atoms with Crippen molar-refractivity contribution in [2.24, 2.45) is 0 Å². The van der Waals surface area contributed by atoms with Crippen molar-refractivity contribution in [1.82, 2.24) is 14.5 Å². The third kappa shape index (κ3) is 3.07. The summed E-state index contributed by atoms with van der Waals surface area (Å²) in [6.07, 6.45) is 6.58. The van der Waals surface area contributed by atoms with E-state index in [4.69, 9.17) is 0 Å². The van der Waals surface area contributed by atoms with Gasteiger partial charge >= 0.3 is 0 Å². The first-order valence-corrected chi connectivity index (χ1v) is 7.31. The third-order valence-corrected chi connectivity index (χ3v) is 3.63. The van der Waals surface area contributed by atoms with E-state index in [-0.39, 0.29) is 0 Å². The molecule has 1 aromatic carbocycles. The van der Waals surface area contributed by atoms with E-state index in [1.807, 2.05) is 48.9 Å². The fourth-order valence-corrected chi connectivity index (χ4v) is 2.71. The molecule has 0 aliphatic carbocycles. The highest BCUT2D eigenvalue weighted by molar-refractivity contribution is 5.53. The Morgan fingerprint density at radius 2 is 1.91 bits per heavy atom. The number of hydrogen-bond acceptors (Lipinski definition) is 3. The van der Waals surface area contributed by atoms with Crippen molar-refractivity contribution in [3.8, 4) is 11.4 Å². The number of aromatic nitrogens is 3. The molecule has 0 aliphatic rings. The Kier molecular flexibility index (Phi) is 4.02. The van der Waals surface area contributed by atoms with Crippen LogP contribution in [-0.4, -0.2) is 19.6 Å². The minimum atomic E-state index is -0.566. The summed E-state index contributed by atoms with van der Waals surface area (Å²) in [5.74, 6) is 0.816. The predicted octanol–water partition coefficient (Wildman–Crippen LogP) is 3.30. The highest BCUT2D eigenvalue weighted by Crippen LogP contribution is 2.22. The molecule has 1 N–H and O–H groups in total. The number of pyridine rings is 1. The van der Waals surface area contributed by atoms with E-state index in [1.54, 1.807) is 18.6 Å². The van der Waals surface area contributed by atoms with Crippen LogP contribution in [0.1, 0.15) is 22.8 Å². The van der Waals surface area contributed by atoms with Gasteiger partial charge in [-0.25, -0.2) is 4.98 Å². The molecule has 112 valence electrons. The molecule has 0 bridgehead atoms. The van der Waals surface area contributed by atoms with Crippen LogP contribution in [0.15, 0.2) is 55.1 Å². The minimum Gasteiger partial charge on any atom is -0.387 e. The second-order valence-corrected chi connectivity index (χ2v) is 5.58. The monoisotopic (exact) mass is 293 g/mol. The van der Waals surface area contributed by atoms with Gasteiger partial charge in [0.15, 0.2) is 0 Å². The zero-order valence-electron chi connectivity index (χ0n) is 12.8. The van der Waals surface area contributed by atoms with Crippen molar-refractivity contribution in [2.45, 2.75) is 26.5 Å². The number of benzene rings is 1. The number of aliphatic hydroxyl groups is 1. The zero-order valence-corrected chi connectivity index (χ0v) is 12.8. The molecule has 1 unspecified atom stereocenters. The fraction of sp³-hybridized carbons (Fsp3) is 0.222. The largest absolute Gasteiger partial charge is 0.387 e. The lowest BCUT2D eigenvalue weighted by molar-refractivity contribution is 0.157. The van der Waals surface area contributed by atoms with E-state index < -0.39 is 6.10 Å². The smallest absolute Gasteiger partial charge is 0.141 e. The number of aryl methyl sites for hydroxylation is 2. The molecule has 1 atom stereocenters. The first kappa shape index (κ1) is 14.5. The summed E-state index contributed by atoms with van der Waals surface area (Å²) in [4.78, 5) is 8.51. The highest BCUT2D eigenvalue weighted by atomic mass is 16.3. The molecule has 4 heteroatoms. The third-order valence-electron chi connectivity index (χ3n) is 3.63. The maximum Gasteiger partial charge on any atom is 0.141 e. The van der Waals surface area contributed by atoms with Crippen molar-refractivity contribution in [3.63, 3.8) is 0 Å². The normalized spacial score (nSPS) is 12.3. The summed E-state index contributed by atoms with van der Waals surface area (Å²) in [7, 11) is 0. The second kappa shape index (κ2) is 6.12. The van der Waals surface area contributed by atoms with Gasteiger partial charge in [-0.1, -0.05) is 29.3 Å². The van der Waals surface area contributed by atoms with Crippen LogP contribution in [0.2, 0.25) is 0 Å². The average molecular weight is 293 g/mol. The molecule has 0 saturated heterocycles. The molecule has 4 nitrogen and oxygen atoms in total. The molecule has 22 heavy (non-hydrogen) atoms. The van der Waals surface area contributed by atoms with Gasteiger partial charge in [-0.05, 0) is 31.5 Å².